The minimum atomic E-state index is 0.0650. The van der Waals surface area contributed by atoms with Crippen molar-refractivity contribution in [1.29, 1.82) is 0 Å². The zero-order chi connectivity index (χ0) is 11.8. The molecule has 2 atom stereocenters. The third-order valence-electron chi connectivity index (χ3n) is 3.51. The minimum absolute atomic E-state index is 0.0650. The summed E-state index contributed by atoms with van der Waals surface area (Å²) in [6.45, 7) is 0. The summed E-state index contributed by atoms with van der Waals surface area (Å²) in [5, 5.41) is 6.28. The molecule has 1 amide bonds. The summed E-state index contributed by atoms with van der Waals surface area (Å²) in [5.74, 6) is 1.44. The first-order valence-electron chi connectivity index (χ1n) is 5.90. The highest BCUT2D eigenvalue weighted by Crippen LogP contribution is 2.35. The van der Waals surface area contributed by atoms with Crippen molar-refractivity contribution in [2.45, 2.75) is 25.3 Å². The van der Waals surface area contributed by atoms with Crippen molar-refractivity contribution >= 4 is 17.4 Å². The first kappa shape index (κ1) is 10.4. The van der Waals surface area contributed by atoms with Gasteiger partial charge in [-0.15, -0.1) is 0 Å². The van der Waals surface area contributed by atoms with E-state index in [1.165, 1.54) is 0 Å². The predicted molar refractivity (Wildman–Crippen MR) is 64.2 cm³/mol. The molecule has 17 heavy (non-hydrogen) atoms. The normalized spacial score (nSPS) is 26.3. The molecule has 1 aromatic rings. The van der Waals surface area contributed by atoms with Crippen LogP contribution in [0.3, 0.4) is 0 Å². The number of nitrogens with zero attached hydrogens (tertiary/aromatic N) is 1. The standard InChI is InChI=1S/C12H15N3O2/c1-17-10-6-5-9-11(15-10)13-8-4-2-3-7(8)12(16)14-9/h5-8H,2-4H2,1H3,(H,13,15)(H,14,16). The number of aromatic nitrogens is 1. The topological polar surface area (TPSA) is 63.2 Å². The van der Waals surface area contributed by atoms with E-state index in [1.54, 1.807) is 13.2 Å². The molecule has 0 aromatic carbocycles. The number of carbonyl (C=O) groups excluding carboxylic acids is 1. The number of hydrogen-bond acceptors (Lipinski definition) is 4. The second-order valence-electron chi connectivity index (χ2n) is 4.53. The molecule has 3 rings (SSSR count). The molecule has 2 aliphatic rings. The van der Waals surface area contributed by atoms with Crippen LogP contribution in [0, 0.1) is 5.92 Å². The van der Waals surface area contributed by atoms with Gasteiger partial charge in [0, 0.05) is 12.1 Å². The molecule has 90 valence electrons. The fraction of sp³-hybridized carbons (Fsp3) is 0.500. The number of methoxy groups -OCH3 is 1. The molecule has 0 saturated heterocycles. The third kappa shape index (κ3) is 1.71. The average Bonchev–Trinajstić information content (AvgIpc) is 2.75. The largest absolute Gasteiger partial charge is 0.481 e. The van der Waals surface area contributed by atoms with Gasteiger partial charge in [-0.25, -0.2) is 0 Å². The van der Waals surface area contributed by atoms with Gasteiger partial charge < -0.3 is 15.4 Å². The fourth-order valence-corrected chi connectivity index (χ4v) is 2.61. The lowest BCUT2D eigenvalue weighted by molar-refractivity contribution is -0.119. The summed E-state index contributed by atoms with van der Waals surface area (Å²) >= 11 is 0. The molecule has 1 aliphatic heterocycles. The Bertz CT molecular complexity index is 461. The van der Waals surface area contributed by atoms with Crippen molar-refractivity contribution in [3.8, 4) is 5.88 Å². The number of pyridine rings is 1. The molecular weight excluding hydrogens is 218 g/mol. The van der Waals surface area contributed by atoms with Crippen LogP contribution in [0.15, 0.2) is 12.1 Å². The van der Waals surface area contributed by atoms with E-state index in [9.17, 15) is 4.79 Å². The quantitative estimate of drug-likeness (QED) is 0.773. The molecule has 2 N–H and O–H groups in total. The van der Waals surface area contributed by atoms with Crippen LogP contribution in [0.1, 0.15) is 19.3 Å². The first-order valence-corrected chi connectivity index (χ1v) is 5.90. The number of rotatable bonds is 1. The van der Waals surface area contributed by atoms with Crippen molar-refractivity contribution in [1.82, 2.24) is 4.98 Å². The second-order valence-corrected chi connectivity index (χ2v) is 4.53. The zero-order valence-corrected chi connectivity index (χ0v) is 9.69. The van der Waals surface area contributed by atoms with Crippen LogP contribution in [0.5, 0.6) is 5.88 Å². The maximum absolute atomic E-state index is 12.0. The van der Waals surface area contributed by atoms with Gasteiger partial charge in [0.05, 0.1) is 18.7 Å². The summed E-state index contributed by atoms with van der Waals surface area (Å²) in [5.41, 5.74) is 0.741. The molecule has 1 saturated carbocycles. The molecule has 0 radical (unpaired) electrons. The summed E-state index contributed by atoms with van der Waals surface area (Å²) in [6, 6.07) is 3.78. The van der Waals surface area contributed by atoms with Crippen LogP contribution in [-0.2, 0) is 4.79 Å². The van der Waals surface area contributed by atoms with Gasteiger partial charge in [-0.2, -0.15) is 4.98 Å². The Morgan fingerprint density at radius 1 is 1.41 bits per heavy atom. The lowest BCUT2D eigenvalue weighted by atomic mass is 10.0. The van der Waals surface area contributed by atoms with Crippen LogP contribution in [-0.4, -0.2) is 24.0 Å². The Labute approximate surface area is 99.6 Å². The highest BCUT2D eigenvalue weighted by molar-refractivity contribution is 5.97. The molecule has 2 unspecified atom stereocenters. The van der Waals surface area contributed by atoms with Crippen molar-refractivity contribution in [3.63, 3.8) is 0 Å². The van der Waals surface area contributed by atoms with E-state index in [-0.39, 0.29) is 17.9 Å². The Kier molecular flexibility index (Phi) is 2.39. The third-order valence-corrected chi connectivity index (χ3v) is 3.51. The van der Waals surface area contributed by atoms with Gasteiger partial charge in [-0.05, 0) is 18.9 Å². The van der Waals surface area contributed by atoms with Gasteiger partial charge in [0.15, 0.2) is 5.82 Å². The lowest BCUT2D eigenvalue weighted by Gasteiger charge is -2.15. The fourth-order valence-electron chi connectivity index (χ4n) is 2.61. The number of nitrogens with one attached hydrogen (secondary N) is 2. The summed E-state index contributed by atoms with van der Waals surface area (Å²) < 4.78 is 5.10. The summed E-state index contributed by atoms with van der Waals surface area (Å²) in [4.78, 5) is 16.3. The van der Waals surface area contributed by atoms with Gasteiger partial charge in [-0.3, -0.25) is 4.79 Å². The van der Waals surface area contributed by atoms with Crippen LogP contribution in [0.4, 0.5) is 11.5 Å². The smallest absolute Gasteiger partial charge is 0.229 e. The maximum atomic E-state index is 12.0. The Balaban J connectivity index is 1.98. The van der Waals surface area contributed by atoms with E-state index in [0.717, 1.165) is 24.9 Å². The number of amides is 1. The van der Waals surface area contributed by atoms with Gasteiger partial charge in [-0.1, -0.05) is 6.42 Å². The molecule has 0 spiro atoms. The number of carbonyl (C=O) groups is 1. The van der Waals surface area contributed by atoms with Crippen LogP contribution in [0.25, 0.3) is 0 Å². The van der Waals surface area contributed by atoms with Crippen LogP contribution < -0.4 is 15.4 Å². The van der Waals surface area contributed by atoms with E-state index in [4.69, 9.17) is 4.74 Å². The highest BCUT2D eigenvalue weighted by atomic mass is 16.5. The summed E-state index contributed by atoms with van der Waals surface area (Å²) in [6.07, 6.45) is 3.07. The van der Waals surface area contributed by atoms with Crippen molar-refractivity contribution < 1.29 is 9.53 Å². The van der Waals surface area contributed by atoms with E-state index in [0.29, 0.717) is 11.7 Å². The minimum Gasteiger partial charge on any atom is -0.481 e. The first-order chi connectivity index (χ1) is 8.28. The average molecular weight is 233 g/mol. The second kappa shape index (κ2) is 3.91. The van der Waals surface area contributed by atoms with Crippen LogP contribution in [0.2, 0.25) is 0 Å². The SMILES string of the molecule is COc1ccc2c(n1)NC1CCCC1C(=O)N2. The van der Waals surface area contributed by atoms with Crippen molar-refractivity contribution in [2.75, 3.05) is 17.7 Å². The highest BCUT2D eigenvalue weighted by Gasteiger charge is 2.36. The van der Waals surface area contributed by atoms with Gasteiger partial charge in [0.25, 0.3) is 0 Å². The zero-order valence-electron chi connectivity index (χ0n) is 9.69. The molecule has 1 aromatic heterocycles. The molecule has 5 nitrogen and oxygen atoms in total. The molecule has 2 heterocycles. The molecular formula is C12H15N3O2. The predicted octanol–water partition coefficient (Wildman–Crippen LogP) is 1.62. The van der Waals surface area contributed by atoms with Crippen LogP contribution >= 0.6 is 0 Å². The van der Waals surface area contributed by atoms with Crippen molar-refractivity contribution in [2.24, 2.45) is 5.92 Å². The molecule has 0 bridgehead atoms. The van der Waals surface area contributed by atoms with Gasteiger partial charge in [0.2, 0.25) is 11.8 Å². The number of fused-ring (bicyclic) bond motifs is 2. The van der Waals surface area contributed by atoms with Crippen molar-refractivity contribution in [3.05, 3.63) is 12.1 Å². The van der Waals surface area contributed by atoms with E-state index < -0.39 is 0 Å². The molecule has 5 heteroatoms. The maximum Gasteiger partial charge on any atom is 0.229 e. The molecule has 1 fully saturated rings. The van der Waals surface area contributed by atoms with E-state index in [2.05, 4.69) is 15.6 Å². The monoisotopic (exact) mass is 233 g/mol. The lowest BCUT2D eigenvalue weighted by Crippen LogP contribution is -2.30. The number of hydrogen-bond donors (Lipinski definition) is 2. The van der Waals surface area contributed by atoms with E-state index >= 15 is 0 Å². The van der Waals surface area contributed by atoms with Gasteiger partial charge >= 0.3 is 0 Å². The number of anilines is 2. The Hall–Kier alpha value is -1.78. The van der Waals surface area contributed by atoms with E-state index in [1.807, 2.05) is 6.07 Å². The summed E-state index contributed by atoms with van der Waals surface area (Å²) in [7, 11) is 1.59. The Morgan fingerprint density at radius 3 is 3.12 bits per heavy atom. The Morgan fingerprint density at radius 2 is 2.29 bits per heavy atom. The van der Waals surface area contributed by atoms with Gasteiger partial charge in [0.1, 0.15) is 0 Å². The number of ether oxygens (including phenoxy) is 1. The molecule has 1 aliphatic carbocycles.